The van der Waals surface area contributed by atoms with Crippen LogP contribution in [0.2, 0.25) is 0 Å². The summed E-state index contributed by atoms with van der Waals surface area (Å²) >= 11 is 0. The third-order valence-corrected chi connectivity index (χ3v) is 3.60. The molecule has 0 atom stereocenters. The Bertz CT molecular complexity index is 464. The molecule has 0 fully saturated rings. The molecule has 0 heterocycles. The van der Waals surface area contributed by atoms with Crippen molar-refractivity contribution in [1.29, 1.82) is 0 Å². The summed E-state index contributed by atoms with van der Waals surface area (Å²) in [4.78, 5) is 10.9. The van der Waals surface area contributed by atoms with Crippen LogP contribution < -0.4 is 5.32 Å². The van der Waals surface area contributed by atoms with E-state index >= 15 is 0 Å². The van der Waals surface area contributed by atoms with Gasteiger partial charge in [-0.3, -0.25) is 4.79 Å². The molecule has 0 spiro atoms. The molecule has 0 aromatic heterocycles. The molecule has 0 aliphatic carbocycles. The van der Waals surface area contributed by atoms with Crippen LogP contribution in [0.3, 0.4) is 0 Å². The van der Waals surface area contributed by atoms with Gasteiger partial charge < -0.3 is 10.4 Å². The zero-order valence-corrected chi connectivity index (χ0v) is 9.62. The van der Waals surface area contributed by atoms with Gasteiger partial charge in [-0.25, -0.2) is 8.42 Å². The van der Waals surface area contributed by atoms with E-state index in [2.05, 4.69) is 5.32 Å². The maximum absolute atomic E-state index is 11.5. The Labute approximate surface area is 94.0 Å². The van der Waals surface area contributed by atoms with Crippen molar-refractivity contribution in [2.75, 3.05) is 17.7 Å². The van der Waals surface area contributed by atoms with Crippen molar-refractivity contribution < 1.29 is 18.3 Å². The van der Waals surface area contributed by atoms with Crippen LogP contribution in [0, 0.1) is 0 Å². The Kier molecular flexibility index (Phi) is 4.03. The first-order chi connectivity index (χ1) is 7.45. The van der Waals surface area contributed by atoms with E-state index in [1.165, 1.54) is 31.2 Å². The quantitative estimate of drug-likeness (QED) is 0.802. The first-order valence-electron chi connectivity index (χ1n) is 4.67. The van der Waals surface area contributed by atoms with E-state index < -0.39 is 16.4 Å². The average Bonchev–Trinajstić information content (AvgIpc) is 2.17. The second kappa shape index (κ2) is 5.09. The topological polar surface area (TPSA) is 83.5 Å². The van der Waals surface area contributed by atoms with E-state index in [1.54, 1.807) is 0 Å². The summed E-state index contributed by atoms with van der Waals surface area (Å²) in [7, 11) is -3.42. The minimum atomic E-state index is -3.42. The second-order valence-corrected chi connectivity index (χ2v) is 5.36. The molecule has 0 saturated heterocycles. The molecule has 2 N–H and O–H groups in total. The Morgan fingerprint density at radius 3 is 2.31 bits per heavy atom. The molecule has 0 aliphatic heterocycles. The smallest absolute Gasteiger partial charge is 0.221 e. The van der Waals surface area contributed by atoms with Crippen molar-refractivity contribution in [3.8, 4) is 0 Å². The molecule has 0 unspecified atom stereocenters. The van der Waals surface area contributed by atoms with Crippen LogP contribution in [0.15, 0.2) is 29.2 Å². The van der Waals surface area contributed by atoms with Crippen LogP contribution in [0.5, 0.6) is 0 Å². The summed E-state index contributed by atoms with van der Waals surface area (Å²) in [5.41, 5.74) is 0.537. The fourth-order valence-electron chi connectivity index (χ4n) is 1.19. The summed E-state index contributed by atoms with van der Waals surface area (Å²) in [6, 6.07) is 5.81. The number of nitrogens with one attached hydrogen (secondary N) is 1. The van der Waals surface area contributed by atoms with Crippen molar-refractivity contribution in [2.45, 2.75) is 11.8 Å². The summed E-state index contributed by atoms with van der Waals surface area (Å²) in [5, 5.41) is 11.1. The van der Waals surface area contributed by atoms with Crippen molar-refractivity contribution in [3.63, 3.8) is 0 Å². The number of sulfone groups is 1. The van der Waals surface area contributed by atoms with Gasteiger partial charge in [-0.1, -0.05) is 0 Å². The summed E-state index contributed by atoms with van der Waals surface area (Å²) in [6.45, 7) is 0.964. The number of rotatable bonds is 4. The molecule has 0 aliphatic rings. The first kappa shape index (κ1) is 12.7. The van der Waals surface area contributed by atoms with E-state index in [4.69, 9.17) is 5.11 Å². The zero-order chi connectivity index (χ0) is 12.2. The molecular weight excluding hydrogens is 230 g/mol. The van der Waals surface area contributed by atoms with Gasteiger partial charge in [-0.2, -0.15) is 0 Å². The number of carbonyl (C=O) groups excluding carboxylic acids is 1. The Hall–Kier alpha value is -1.40. The van der Waals surface area contributed by atoms with Gasteiger partial charge in [0.1, 0.15) is 0 Å². The van der Waals surface area contributed by atoms with Gasteiger partial charge in [0.15, 0.2) is 9.84 Å². The predicted octanol–water partition coefficient (Wildman–Crippen LogP) is 0.411. The average molecular weight is 243 g/mol. The van der Waals surface area contributed by atoms with Crippen LogP contribution >= 0.6 is 0 Å². The van der Waals surface area contributed by atoms with Crippen molar-refractivity contribution in [3.05, 3.63) is 24.3 Å². The number of benzene rings is 1. The highest BCUT2D eigenvalue weighted by atomic mass is 32.2. The fraction of sp³-hybridized carbons (Fsp3) is 0.300. The van der Waals surface area contributed by atoms with Gasteiger partial charge in [0, 0.05) is 12.6 Å². The lowest BCUT2D eigenvalue weighted by Crippen LogP contribution is -2.10. The molecule has 16 heavy (non-hydrogen) atoms. The summed E-state index contributed by atoms with van der Waals surface area (Å²) in [6.07, 6.45) is 0. The molecule has 0 radical (unpaired) electrons. The van der Waals surface area contributed by atoms with Gasteiger partial charge in [-0.15, -0.1) is 0 Å². The molecule has 5 nitrogen and oxygen atoms in total. The number of anilines is 1. The molecule has 0 saturated carbocycles. The van der Waals surface area contributed by atoms with E-state index in [9.17, 15) is 13.2 Å². The molecule has 1 amide bonds. The van der Waals surface area contributed by atoms with Crippen LogP contribution in [-0.4, -0.2) is 31.8 Å². The van der Waals surface area contributed by atoms with Gasteiger partial charge in [-0.05, 0) is 24.3 Å². The minimum Gasteiger partial charge on any atom is -0.395 e. The fourth-order valence-corrected chi connectivity index (χ4v) is 2.21. The number of hydrogen-bond donors (Lipinski definition) is 2. The first-order valence-corrected chi connectivity index (χ1v) is 6.32. The van der Waals surface area contributed by atoms with Crippen molar-refractivity contribution in [1.82, 2.24) is 0 Å². The molecule has 0 bridgehead atoms. The SMILES string of the molecule is CC(=O)Nc1ccc(S(=O)(=O)CCO)cc1. The van der Waals surface area contributed by atoms with Gasteiger partial charge in [0.2, 0.25) is 5.91 Å². The highest BCUT2D eigenvalue weighted by molar-refractivity contribution is 7.91. The number of aliphatic hydroxyl groups excluding tert-OH is 1. The van der Waals surface area contributed by atoms with Crippen LogP contribution in [-0.2, 0) is 14.6 Å². The summed E-state index contributed by atoms with van der Waals surface area (Å²) in [5.74, 6) is -0.516. The highest BCUT2D eigenvalue weighted by Gasteiger charge is 2.12. The van der Waals surface area contributed by atoms with Crippen LogP contribution in [0.25, 0.3) is 0 Å². The lowest BCUT2D eigenvalue weighted by molar-refractivity contribution is -0.114. The third-order valence-electron chi connectivity index (χ3n) is 1.89. The number of carbonyl (C=O) groups is 1. The maximum Gasteiger partial charge on any atom is 0.221 e. The lowest BCUT2D eigenvalue weighted by Gasteiger charge is -2.04. The van der Waals surface area contributed by atoms with E-state index in [-0.39, 0.29) is 16.6 Å². The van der Waals surface area contributed by atoms with Gasteiger partial charge in [0.25, 0.3) is 0 Å². The van der Waals surface area contributed by atoms with Crippen LogP contribution in [0.1, 0.15) is 6.92 Å². The largest absolute Gasteiger partial charge is 0.395 e. The Balaban J connectivity index is 2.91. The standard InChI is InChI=1S/C10H13NO4S/c1-8(13)11-9-2-4-10(5-3-9)16(14,15)7-6-12/h2-5,12H,6-7H2,1H3,(H,11,13). The minimum absolute atomic E-state index is 0.135. The third kappa shape index (κ3) is 3.32. The van der Waals surface area contributed by atoms with Crippen molar-refractivity contribution in [2.24, 2.45) is 0 Å². The molecule has 88 valence electrons. The highest BCUT2D eigenvalue weighted by Crippen LogP contribution is 2.15. The maximum atomic E-state index is 11.5. The number of hydrogen-bond acceptors (Lipinski definition) is 4. The van der Waals surface area contributed by atoms with E-state index in [0.717, 1.165) is 0 Å². The summed E-state index contributed by atoms with van der Waals surface area (Å²) < 4.78 is 23.0. The van der Waals surface area contributed by atoms with E-state index in [1.807, 2.05) is 0 Å². The van der Waals surface area contributed by atoms with Crippen molar-refractivity contribution >= 4 is 21.4 Å². The Morgan fingerprint density at radius 1 is 1.31 bits per heavy atom. The molecule has 1 aromatic carbocycles. The van der Waals surface area contributed by atoms with Gasteiger partial charge in [0.05, 0.1) is 17.3 Å². The number of aliphatic hydroxyl groups is 1. The molecule has 6 heteroatoms. The lowest BCUT2D eigenvalue weighted by atomic mass is 10.3. The predicted molar refractivity (Wildman–Crippen MR) is 59.9 cm³/mol. The molecule has 1 aromatic rings. The monoisotopic (exact) mass is 243 g/mol. The zero-order valence-electron chi connectivity index (χ0n) is 8.80. The second-order valence-electron chi connectivity index (χ2n) is 3.25. The number of amides is 1. The molecule has 1 rings (SSSR count). The molecular formula is C10H13NO4S. The Morgan fingerprint density at radius 2 is 1.88 bits per heavy atom. The van der Waals surface area contributed by atoms with E-state index in [0.29, 0.717) is 5.69 Å². The van der Waals surface area contributed by atoms with Gasteiger partial charge >= 0.3 is 0 Å². The normalized spacial score (nSPS) is 11.1. The van der Waals surface area contributed by atoms with Crippen LogP contribution in [0.4, 0.5) is 5.69 Å².